The summed E-state index contributed by atoms with van der Waals surface area (Å²) in [5.74, 6) is -1.78. The molecule has 2 aromatic heterocycles. The highest BCUT2D eigenvalue weighted by atomic mass is 19.1. The summed E-state index contributed by atoms with van der Waals surface area (Å²) < 4.78 is 13.2. The second-order valence-corrected chi connectivity index (χ2v) is 4.27. The number of carbonyl (C=O) groups is 2. The lowest BCUT2D eigenvalue weighted by molar-refractivity contribution is 0.0970. The molecule has 94 valence electrons. The summed E-state index contributed by atoms with van der Waals surface area (Å²) in [5.41, 5.74) is -0.283. The van der Waals surface area contributed by atoms with E-state index in [4.69, 9.17) is 0 Å². The monoisotopic (exact) mass is 258 g/mol. The normalized spacial score (nSPS) is 13.2. The smallest absolute Gasteiger partial charge is 0.248 e. The van der Waals surface area contributed by atoms with Crippen LogP contribution in [0.15, 0.2) is 23.1 Å². The molecule has 0 saturated heterocycles. The van der Waals surface area contributed by atoms with Crippen molar-refractivity contribution in [3.8, 4) is 0 Å². The van der Waals surface area contributed by atoms with E-state index in [1.54, 1.807) is 6.92 Å². The fourth-order valence-electron chi connectivity index (χ4n) is 2.20. The average Bonchev–Trinajstić information content (AvgIpc) is 2.35. The number of aromatic amines is 1. The standard InChI is InChI=1S/C13H7FN2O3/c1-5-2-8(17)16-11-9(5)12(18)7-3-6(14)4-15-10(7)13(11)19/h2-4H,1H3,(H,16,17). The van der Waals surface area contributed by atoms with E-state index in [1.807, 2.05) is 0 Å². The first-order valence-electron chi connectivity index (χ1n) is 5.48. The first-order chi connectivity index (χ1) is 8.99. The van der Waals surface area contributed by atoms with Crippen LogP contribution >= 0.6 is 0 Å². The number of rotatable bonds is 0. The van der Waals surface area contributed by atoms with Crippen molar-refractivity contribution < 1.29 is 14.0 Å². The zero-order chi connectivity index (χ0) is 13.7. The second kappa shape index (κ2) is 3.68. The van der Waals surface area contributed by atoms with Gasteiger partial charge in [0.05, 0.1) is 17.3 Å². The minimum atomic E-state index is -0.689. The Bertz CT molecular complexity index is 808. The van der Waals surface area contributed by atoms with Crippen LogP contribution in [0.1, 0.15) is 37.7 Å². The number of hydrogen-bond acceptors (Lipinski definition) is 4. The van der Waals surface area contributed by atoms with Gasteiger partial charge in [-0.15, -0.1) is 0 Å². The van der Waals surface area contributed by atoms with Crippen LogP contribution in [-0.2, 0) is 0 Å². The predicted octanol–water partition coefficient (Wildman–Crippen LogP) is 0.993. The molecule has 0 radical (unpaired) electrons. The molecule has 2 aromatic rings. The fraction of sp³-hybridized carbons (Fsp3) is 0.0769. The number of hydrogen-bond donors (Lipinski definition) is 1. The number of fused-ring (bicyclic) bond motifs is 2. The molecule has 0 spiro atoms. The molecule has 6 heteroatoms. The first kappa shape index (κ1) is 11.5. The molecule has 0 aromatic carbocycles. The lowest BCUT2D eigenvalue weighted by Crippen LogP contribution is -2.28. The Morgan fingerprint density at radius 2 is 1.89 bits per heavy atom. The van der Waals surface area contributed by atoms with Crippen molar-refractivity contribution in [2.24, 2.45) is 0 Å². The van der Waals surface area contributed by atoms with Crippen molar-refractivity contribution in [2.75, 3.05) is 0 Å². The number of H-pyrrole nitrogens is 1. The Morgan fingerprint density at radius 1 is 1.16 bits per heavy atom. The minimum absolute atomic E-state index is 0.0763. The molecule has 0 aliphatic heterocycles. The molecule has 0 unspecified atom stereocenters. The zero-order valence-corrected chi connectivity index (χ0v) is 9.78. The average molecular weight is 258 g/mol. The van der Waals surface area contributed by atoms with Crippen LogP contribution < -0.4 is 5.56 Å². The topological polar surface area (TPSA) is 79.9 Å². The second-order valence-electron chi connectivity index (χ2n) is 4.27. The highest BCUT2D eigenvalue weighted by molar-refractivity contribution is 6.27. The molecule has 5 nitrogen and oxygen atoms in total. The Labute approximate surface area is 106 Å². The summed E-state index contributed by atoms with van der Waals surface area (Å²) >= 11 is 0. The lowest BCUT2D eigenvalue weighted by Gasteiger charge is -2.17. The van der Waals surface area contributed by atoms with E-state index in [0.717, 1.165) is 12.3 Å². The van der Waals surface area contributed by atoms with Crippen LogP contribution in [0.5, 0.6) is 0 Å². The van der Waals surface area contributed by atoms with Gasteiger partial charge in [-0.1, -0.05) is 0 Å². The number of carbonyl (C=O) groups excluding carboxylic acids is 2. The lowest BCUT2D eigenvalue weighted by atomic mass is 9.88. The maximum Gasteiger partial charge on any atom is 0.248 e. The van der Waals surface area contributed by atoms with Gasteiger partial charge in [0.1, 0.15) is 17.2 Å². The minimum Gasteiger partial charge on any atom is -0.318 e. The summed E-state index contributed by atoms with van der Waals surface area (Å²) in [6.45, 7) is 1.55. The van der Waals surface area contributed by atoms with Crippen molar-refractivity contribution in [2.45, 2.75) is 6.92 Å². The van der Waals surface area contributed by atoms with Crippen molar-refractivity contribution in [3.63, 3.8) is 0 Å². The fourth-order valence-corrected chi connectivity index (χ4v) is 2.20. The quantitative estimate of drug-likeness (QED) is 0.652. The van der Waals surface area contributed by atoms with E-state index in [2.05, 4.69) is 9.97 Å². The van der Waals surface area contributed by atoms with Gasteiger partial charge in [0.25, 0.3) is 0 Å². The number of nitrogens with zero attached hydrogens (tertiary/aromatic N) is 1. The van der Waals surface area contributed by atoms with Crippen LogP contribution in [0, 0.1) is 12.7 Å². The van der Waals surface area contributed by atoms with Gasteiger partial charge in [0, 0.05) is 6.07 Å². The Hall–Kier alpha value is -2.63. The molecule has 0 bridgehead atoms. The van der Waals surface area contributed by atoms with Gasteiger partial charge in [0.2, 0.25) is 11.3 Å². The van der Waals surface area contributed by atoms with E-state index in [0.29, 0.717) is 5.56 Å². The zero-order valence-electron chi connectivity index (χ0n) is 9.78. The molecule has 1 aliphatic rings. The van der Waals surface area contributed by atoms with Gasteiger partial charge in [-0.2, -0.15) is 0 Å². The maximum atomic E-state index is 13.2. The first-order valence-corrected chi connectivity index (χ1v) is 5.48. The molecule has 0 saturated carbocycles. The van der Waals surface area contributed by atoms with Crippen molar-refractivity contribution >= 4 is 11.6 Å². The number of pyridine rings is 2. The molecule has 19 heavy (non-hydrogen) atoms. The molecule has 3 rings (SSSR count). The number of halogens is 1. The molecule has 2 heterocycles. The third-order valence-corrected chi connectivity index (χ3v) is 3.01. The molecule has 0 atom stereocenters. The summed E-state index contributed by atoms with van der Waals surface area (Å²) in [6.07, 6.45) is 0.864. The van der Waals surface area contributed by atoms with E-state index < -0.39 is 22.9 Å². The Kier molecular flexibility index (Phi) is 2.22. The summed E-state index contributed by atoms with van der Waals surface area (Å²) in [5, 5.41) is 0. The van der Waals surface area contributed by atoms with Crippen LogP contribution in [0.25, 0.3) is 0 Å². The van der Waals surface area contributed by atoms with Crippen LogP contribution in [0.2, 0.25) is 0 Å². The number of nitrogens with one attached hydrogen (secondary N) is 1. The summed E-state index contributed by atoms with van der Waals surface area (Å²) in [4.78, 5) is 41.8. The highest BCUT2D eigenvalue weighted by Crippen LogP contribution is 2.26. The maximum absolute atomic E-state index is 13.2. The van der Waals surface area contributed by atoms with Crippen LogP contribution in [0.3, 0.4) is 0 Å². The SMILES string of the molecule is Cc1cc(=O)[nH]c2c1C(=O)c1cc(F)cnc1C2=O. The van der Waals surface area contributed by atoms with E-state index in [-0.39, 0.29) is 22.5 Å². The molecule has 1 aliphatic carbocycles. The van der Waals surface area contributed by atoms with Gasteiger partial charge in [0.15, 0.2) is 5.78 Å². The van der Waals surface area contributed by atoms with Crippen LogP contribution in [0.4, 0.5) is 4.39 Å². The van der Waals surface area contributed by atoms with Gasteiger partial charge < -0.3 is 4.98 Å². The Balaban J connectivity index is 2.39. The molecular formula is C13H7FN2O3. The van der Waals surface area contributed by atoms with Crippen LogP contribution in [-0.4, -0.2) is 21.5 Å². The van der Waals surface area contributed by atoms with Gasteiger partial charge in [-0.3, -0.25) is 14.4 Å². The molecule has 1 N–H and O–H groups in total. The van der Waals surface area contributed by atoms with E-state index in [9.17, 15) is 18.8 Å². The number of aryl methyl sites for hydroxylation is 1. The Morgan fingerprint density at radius 3 is 2.63 bits per heavy atom. The third-order valence-electron chi connectivity index (χ3n) is 3.01. The number of aromatic nitrogens is 2. The van der Waals surface area contributed by atoms with Crippen molar-refractivity contribution in [1.29, 1.82) is 0 Å². The molecule has 0 amide bonds. The summed E-state index contributed by atoms with van der Waals surface area (Å²) in [7, 11) is 0. The third kappa shape index (κ3) is 1.53. The number of ketones is 2. The largest absolute Gasteiger partial charge is 0.318 e. The highest BCUT2D eigenvalue weighted by Gasteiger charge is 2.33. The van der Waals surface area contributed by atoms with Crippen molar-refractivity contribution in [1.82, 2.24) is 9.97 Å². The molecule has 0 fully saturated rings. The van der Waals surface area contributed by atoms with E-state index >= 15 is 0 Å². The van der Waals surface area contributed by atoms with Crippen molar-refractivity contribution in [3.05, 3.63) is 62.6 Å². The van der Waals surface area contributed by atoms with Gasteiger partial charge in [-0.25, -0.2) is 9.37 Å². The predicted molar refractivity (Wildman–Crippen MR) is 62.9 cm³/mol. The summed E-state index contributed by atoms with van der Waals surface area (Å²) in [6, 6.07) is 2.21. The van der Waals surface area contributed by atoms with E-state index in [1.165, 1.54) is 6.07 Å². The van der Waals surface area contributed by atoms with Gasteiger partial charge in [-0.05, 0) is 18.6 Å². The van der Waals surface area contributed by atoms with Gasteiger partial charge >= 0.3 is 0 Å². The molecular weight excluding hydrogens is 251 g/mol.